The second-order valence-corrected chi connectivity index (χ2v) is 10.0. The average molecular weight is 553 g/mol. The van der Waals surface area contributed by atoms with Crippen molar-refractivity contribution in [3.63, 3.8) is 0 Å². The number of hydrogen-bond acceptors (Lipinski definition) is 7. The van der Waals surface area contributed by atoms with Crippen LogP contribution in [0, 0.1) is 22.9 Å². The van der Waals surface area contributed by atoms with Crippen molar-refractivity contribution in [3.8, 4) is 22.6 Å². The monoisotopic (exact) mass is 552 g/mol. The highest BCUT2D eigenvalue weighted by Gasteiger charge is 2.41. The zero-order chi connectivity index (χ0) is 28.4. The Morgan fingerprint density at radius 3 is 2.42 bits per heavy atom. The van der Waals surface area contributed by atoms with E-state index < -0.39 is 29.2 Å². The maximum Gasteiger partial charge on any atom is 0.230 e. The van der Waals surface area contributed by atoms with Gasteiger partial charge >= 0.3 is 0 Å². The summed E-state index contributed by atoms with van der Waals surface area (Å²) in [6.07, 6.45) is 0.598. The SMILES string of the molecule is CC(C)NC(=O)C1(C)COC(c2nc(-c3ccc(F)cc3)c(-c3ccnc(Nc4ccc(F)c(F)c4)n3)[nH]2)OC1. The summed E-state index contributed by atoms with van der Waals surface area (Å²) in [5.74, 6) is -2.10. The zero-order valence-corrected chi connectivity index (χ0v) is 22.0. The number of imidazole rings is 1. The molecule has 0 aliphatic carbocycles. The number of carbonyl (C=O) groups excluding carboxylic acids is 1. The standard InChI is InChI=1S/C28H27F3N6O3/c1-15(2)33-26(38)28(3)13-39-25(40-14-28)24-36-22(16-4-6-17(29)7-5-16)23(37-24)21-10-11-32-27(35-21)34-18-8-9-19(30)20(31)12-18/h4-12,15,25H,13-14H2,1-3H3,(H,33,38)(H,36,37)(H,32,34,35). The van der Waals surface area contributed by atoms with Crippen LogP contribution in [-0.2, 0) is 14.3 Å². The van der Waals surface area contributed by atoms with Crippen LogP contribution < -0.4 is 10.6 Å². The van der Waals surface area contributed by atoms with Crippen LogP contribution in [0.2, 0.25) is 0 Å². The minimum atomic E-state index is -1.01. The second kappa shape index (κ2) is 11.1. The molecule has 1 aliphatic heterocycles. The fourth-order valence-corrected chi connectivity index (χ4v) is 4.10. The smallest absolute Gasteiger partial charge is 0.230 e. The number of hydrogen-bond donors (Lipinski definition) is 3. The predicted molar refractivity (Wildman–Crippen MR) is 141 cm³/mol. The molecule has 1 aliphatic rings. The number of anilines is 2. The van der Waals surface area contributed by atoms with Crippen molar-refractivity contribution in [1.82, 2.24) is 25.3 Å². The molecule has 0 unspecified atom stereocenters. The van der Waals surface area contributed by atoms with Crippen molar-refractivity contribution in [1.29, 1.82) is 0 Å². The molecule has 9 nitrogen and oxygen atoms in total. The number of carbonyl (C=O) groups is 1. The number of halogens is 3. The largest absolute Gasteiger partial charge is 0.353 e. The molecule has 1 saturated heterocycles. The van der Waals surface area contributed by atoms with Gasteiger partial charge in [-0.05, 0) is 63.2 Å². The quantitative estimate of drug-likeness (QED) is 0.286. The number of nitrogens with one attached hydrogen (secondary N) is 3. The zero-order valence-electron chi connectivity index (χ0n) is 22.0. The number of benzene rings is 2. The first-order valence-electron chi connectivity index (χ1n) is 12.6. The number of aromatic nitrogens is 4. The van der Waals surface area contributed by atoms with E-state index in [1.54, 1.807) is 25.1 Å². The highest BCUT2D eigenvalue weighted by Crippen LogP contribution is 2.36. The van der Waals surface area contributed by atoms with Gasteiger partial charge in [-0.15, -0.1) is 0 Å². The molecule has 1 fully saturated rings. The Morgan fingerprint density at radius 1 is 1.02 bits per heavy atom. The van der Waals surface area contributed by atoms with Crippen LogP contribution in [0.1, 0.15) is 32.9 Å². The summed E-state index contributed by atoms with van der Waals surface area (Å²) in [6.45, 7) is 5.73. The van der Waals surface area contributed by atoms with Crippen molar-refractivity contribution in [2.75, 3.05) is 18.5 Å². The molecule has 3 heterocycles. The molecule has 0 saturated carbocycles. The van der Waals surface area contributed by atoms with E-state index in [1.165, 1.54) is 24.4 Å². The molecule has 1 amide bonds. The van der Waals surface area contributed by atoms with Crippen LogP contribution in [0.5, 0.6) is 0 Å². The van der Waals surface area contributed by atoms with Gasteiger partial charge in [-0.2, -0.15) is 0 Å². The fourth-order valence-electron chi connectivity index (χ4n) is 4.10. The number of rotatable bonds is 7. The molecule has 0 spiro atoms. The summed E-state index contributed by atoms with van der Waals surface area (Å²) in [7, 11) is 0. The minimum Gasteiger partial charge on any atom is -0.353 e. The van der Waals surface area contributed by atoms with Crippen molar-refractivity contribution >= 4 is 17.5 Å². The lowest BCUT2D eigenvalue weighted by atomic mass is 9.90. The molecule has 5 rings (SSSR count). The Labute approximate surface area is 228 Å². The molecular formula is C28H27F3N6O3. The molecule has 2 aromatic heterocycles. The van der Waals surface area contributed by atoms with Gasteiger partial charge < -0.3 is 25.1 Å². The van der Waals surface area contributed by atoms with E-state index in [9.17, 15) is 18.0 Å². The van der Waals surface area contributed by atoms with Crippen molar-refractivity contribution in [3.05, 3.63) is 78.0 Å². The molecule has 3 N–H and O–H groups in total. The normalized spacial score (nSPS) is 19.0. The van der Waals surface area contributed by atoms with Crippen molar-refractivity contribution < 1.29 is 27.4 Å². The van der Waals surface area contributed by atoms with Crippen LogP contribution in [0.15, 0.2) is 54.7 Å². The van der Waals surface area contributed by atoms with Crippen LogP contribution in [0.4, 0.5) is 24.8 Å². The Balaban J connectivity index is 1.45. The van der Waals surface area contributed by atoms with Gasteiger partial charge in [0, 0.05) is 29.6 Å². The van der Waals surface area contributed by atoms with E-state index in [2.05, 4.69) is 30.6 Å². The summed E-state index contributed by atoms with van der Waals surface area (Å²) >= 11 is 0. The molecule has 4 aromatic rings. The third kappa shape index (κ3) is 5.82. The first kappa shape index (κ1) is 27.3. The lowest BCUT2D eigenvalue weighted by Gasteiger charge is -2.35. The highest BCUT2D eigenvalue weighted by molar-refractivity contribution is 5.83. The second-order valence-electron chi connectivity index (χ2n) is 10.0. The fraction of sp³-hybridized carbons (Fsp3) is 0.286. The van der Waals surface area contributed by atoms with Crippen LogP contribution in [-0.4, -0.2) is 45.1 Å². The first-order chi connectivity index (χ1) is 19.1. The van der Waals surface area contributed by atoms with E-state index in [4.69, 9.17) is 9.47 Å². The summed E-state index contributed by atoms with van der Waals surface area (Å²) in [5, 5.41) is 5.74. The number of H-pyrrole nitrogens is 1. The summed E-state index contributed by atoms with van der Waals surface area (Å²) in [4.78, 5) is 29.2. The molecule has 0 bridgehead atoms. The van der Waals surface area contributed by atoms with Gasteiger partial charge in [-0.25, -0.2) is 28.1 Å². The van der Waals surface area contributed by atoms with Gasteiger partial charge in [0.05, 0.1) is 35.7 Å². The summed E-state index contributed by atoms with van der Waals surface area (Å²) < 4.78 is 52.5. The van der Waals surface area contributed by atoms with E-state index in [0.29, 0.717) is 28.5 Å². The number of ether oxygens (including phenoxy) is 2. The maximum atomic E-state index is 13.7. The van der Waals surface area contributed by atoms with E-state index in [0.717, 1.165) is 12.1 Å². The molecule has 12 heteroatoms. The van der Waals surface area contributed by atoms with Crippen molar-refractivity contribution in [2.24, 2.45) is 5.41 Å². The maximum absolute atomic E-state index is 13.7. The third-order valence-electron chi connectivity index (χ3n) is 6.23. The minimum absolute atomic E-state index is 0.0257. The van der Waals surface area contributed by atoms with Crippen molar-refractivity contribution in [2.45, 2.75) is 33.1 Å². The lowest BCUT2D eigenvalue weighted by molar-refractivity contribution is -0.231. The van der Waals surface area contributed by atoms with Gasteiger partial charge in [-0.1, -0.05) is 0 Å². The van der Waals surface area contributed by atoms with Crippen LogP contribution in [0.25, 0.3) is 22.6 Å². The molecular weight excluding hydrogens is 525 g/mol. The Kier molecular flexibility index (Phi) is 7.55. The van der Waals surface area contributed by atoms with Crippen LogP contribution in [0.3, 0.4) is 0 Å². The number of amides is 1. The Hall–Kier alpha value is -4.29. The highest BCUT2D eigenvalue weighted by atomic mass is 19.2. The van der Waals surface area contributed by atoms with Gasteiger partial charge in [-0.3, -0.25) is 4.79 Å². The Morgan fingerprint density at radius 2 is 1.75 bits per heavy atom. The molecule has 0 atom stereocenters. The topological polar surface area (TPSA) is 114 Å². The molecule has 0 radical (unpaired) electrons. The van der Waals surface area contributed by atoms with E-state index in [1.807, 2.05) is 13.8 Å². The number of nitrogens with zero attached hydrogens (tertiary/aromatic N) is 3. The molecule has 40 heavy (non-hydrogen) atoms. The Bertz CT molecular complexity index is 1520. The number of aromatic amines is 1. The third-order valence-corrected chi connectivity index (χ3v) is 6.23. The van der Waals surface area contributed by atoms with E-state index in [-0.39, 0.29) is 36.8 Å². The lowest BCUT2D eigenvalue weighted by Crippen LogP contribution is -2.50. The summed E-state index contributed by atoms with van der Waals surface area (Å²) in [5.41, 5.74) is 1.32. The van der Waals surface area contributed by atoms with Gasteiger partial charge in [0.1, 0.15) is 5.82 Å². The average Bonchev–Trinajstić information content (AvgIpc) is 3.37. The predicted octanol–water partition coefficient (Wildman–Crippen LogP) is 5.27. The van der Waals surface area contributed by atoms with Gasteiger partial charge in [0.25, 0.3) is 0 Å². The molecule has 208 valence electrons. The summed E-state index contributed by atoms with van der Waals surface area (Å²) in [6, 6.07) is 10.8. The van der Waals surface area contributed by atoms with Crippen LogP contribution >= 0.6 is 0 Å². The van der Waals surface area contributed by atoms with E-state index >= 15 is 0 Å². The molecule has 2 aromatic carbocycles. The van der Waals surface area contributed by atoms with Gasteiger partial charge in [0.2, 0.25) is 18.1 Å². The first-order valence-corrected chi connectivity index (χ1v) is 12.6. The van der Waals surface area contributed by atoms with Gasteiger partial charge in [0.15, 0.2) is 17.5 Å².